The van der Waals surface area contributed by atoms with E-state index in [-0.39, 0.29) is 11.3 Å². The lowest BCUT2D eigenvalue weighted by Gasteiger charge is -2.13. The third-order valence-corrected chi connectivity index (χ3v) is 5.30. The van der Waals surface area contributed by atoms with E-state index in [4.69, 9.17) is 0 Å². The van der Waals surface area contributed by atoms with Gasteiger partial charge in [0.1, 0.15) is 22.6 Å². The molecule has 1 N–H and O–H groups in total. The Morgan fingerprint density at radius 1 is 1.03 bits per heavy atom. The number of nitrogens with one attached hydrogen (secondary N) is 1. The predicted molar refractivity (Wildman–Crippen MR) is 126 cm³/mol. The van der Waals surface area contributed by atoms with Crippen LogP contribution in [0.2, 0.25) is 0 Å². The van der Waals surface area contributed by atoms with Crippen LogP contribution in [0.4, 0.5) is 14.6 Å². The summed E-state index contributed by atoms with van der Waals surface area (Å²) in [5, 5.41) is 12.9. The summed E-state index contributed by atoms with van der Waals surface area (Å²) in [6.07, 6.45) is 1.86. The van der Waals surface area contributed by atoms with Gasteiger partial charge in [-0.15, -0.1) is 0 Å². The van der Waals surface area contributed by atoms with Crippen LogP contribution in [-0.2, 0) is 7.05 Å². The lowest BCUT2D eigenvalue weighted by Crippen LogP contribution is -2.23. The summed E-state index contributed by atoms with van der Waals surface area (Å²) in [4.78, 5) is 18.3. The van der Waals surface area contributed by atoms with Crippen LogP contribution in [0.3, 0.4) is 0 Å². The van der Waals surface area contributed by atoms with Crippen LogP contribution in [0.1, 0.15) is 6.92 Å². The van der Waals surface area contributed by atoms with Gasteiger partial charge in [-0.25, -0.2) is 4.98 Å². The molecule has 0 bridgehead atoms. The number of anilines is 1. The van der Waals surface area contributed by atoms with E-state index in [1.165, 1.54) is 16.8 Å². The predicted octanol–water partition coefficient (Wildman–Crippen LogP) is 4.37. The van der Waals surface area contributed by atoms with Crippen LogP contribution < -0.4 is 15.6 Å². The number of hydrogen-bond donors (Lipinski definition) is 1. The van der Waals surface area contributed by atoms with E-state index < -0.39 is 6.61 Å². The Hall–Kier alpha value is -4.34. The standard InChI is InChI=1S/C24H20F2N6O2/c1-3-27-20-11-10-19-22(28-20)21(14-4-7-17(8-5-14)34-24(25)26)23(33)32(30-19)16-6-9-18-15(12-16)13-31(2)29-18/h4-13,24H,3H2,1-2H3,(H,27,28). The topological polar surface area (TPSA) is 86.9 Å². The summed E-state index contributed by atoms with van der Waals surface area (Å²) in [6, 6.07) is 14.9. The summed E-state index contributed by atoms with van der Waals surface area (Å²) in [6.45, 7) is -0.334. The lowest BCUT2D eigenvalue weighted by atomic mass is 10.1. The maximum atomic E-state index is 13.7. The number of rotatable bonds is 6. The fourth-order valence-corrected chi connectivity index (χ4v) is 3.86. The third kappa shape index (κ3) is 3.94. The van der Waals surface area contributed by atoms with E-state index in [9.17, 15) is 13.6 Å². The van der Waals surface area contributed by atoms with Crippen LogP contribution in [0.15, 0.2) is 65.6 Å². The molecule has 0 saturated heterocycles. The van der Waals surface area contributed by atoms with Crippen LogP contribution in [-0.4, -0.2) is 37.7 Å². The van der Waals surface area contributed by atoms with Crippen molar-refractivity contribution in [3.8, 4) is 22.6 Å². The van der Waals surface area contributed by atoms with E-state index >= 15 is 0 Å². The van der Waals surface area contributed by atoms with E-state index in [0.29, 0.717) is 40.2 Å². The molecule has 10 heteroatoms. The minimum Gasteiger partial charge on any atom is -0.435 e. The summed E-state index contributed by atoms with van der Waals surface area (Å²) in [5.41, 5.74) is 2.71. The van der Waals surface area contributed by atoms with Crippen molar-refractivity contribution in [3.05, 3.63) is 71.1 Å². The van der Waals surface area contributed by atoms with Crippen molar-refractivity contribution in [1.29, 1.82) is 0 Å². The number of ether oxygens (including phenoxy) is 1. The van der Waals surface area contributed by atoms with Gasteiger partial charge < -0.3 is 10.1 Å². The molecule has 0 radical (unpaired) electrons. The van der Waals surface area contributed by atoms with Crippen molar-refractivity contribution in [2.75, 3.05) is 11.9 Å². The highest BCUT2D eigenvalue weighted by Gasteiger charge is 2.18. The molecule has 3 aromatic heterocycles. The molecule has 5 rings (SSSR count). The number of benzene rings is 2. The fourth-order valence-electron chi connectivity index (χ4n) is 3.86. The van der Waals surface area contributed by atoms with Crippen molar-refractivity contribution in [2.45, 2.75) is 13.5 Å². The first kappa shape index (κ1) is 21.5. The van der Waals surface area contributed by atoms with Gasteiger partial charge in [0.25, 0.3) is 5.56 Å². The average molecular weight is 462 g/mol. The van der Waals surface area contributed by atoms with E-state index in [1.807, 2.05) is 32.3 Å². The van der Waals surface area contributed by atoms with Gasteiger partial charge in [-0.1, -0.05) is 12.1 Å². The molecule has 3 heterocycles. The molecule has 0 spiro atoms. The van der Waals surface area contributed by atoms with Crippen LogP contribution in [0, 0.1) is 0 Å². The Bertz CT molecular complexity index is 1560. The smallest absolute Gasteiger partial charge is 0.387 e. The van der Waals surface area contributed by atoms with Gasteiger partial charge >= 0.3 is 6.61 Å². The quantitative estimate of drug-likeness (QED) is 0.403. The fraction of sp³-hybridized carbons (Fsp3) is 0.167. The molecule has 0 fully saturated rings. The number of fused-ring (bicyclic) bond motifs is 2. The summed E-state index contributed by atoms with van der Waals surface area (Å²) >= 11 is 0. The van der Waals surface area contributed by atoms with Gasteiger partial charge in [-0.05, 0) is 55.0 Å². The van der Waals surface area contributed by atoms with Crippen molar-refractivity contribution >= 4 is 27.8 Å². The number of nitrogens with zero attached hydrogens (tertiary/aromatic N) is 5. The lowest BCUT2D eigenvalue weighted by molar-refractivity contribution is -0.0498. The normalized spacial score (nSPS) is 11.4. The van der Waals surface area contributed by atoms with Crippen LogP contribution in [0.5, 0.6) is 5.75 Å². The van der Waals surface area contributed by atoms with Gasteiger partial charge in [0.05, 0.1) is 16.8 Å². The second-order valence-corrected chi connectivity index (χ2v) is 7.64. The molecular weight excluding hydrogens is 442 g/mol. The summed E-state index contributed by atoms with van der Waals surface area (Å²) < 4.78 is 32.6. The Labute approximate surface area is 192 Å². The number of alkyl halides is 2. The van der Waals surface area contributed by atoms with Crippen LogP contribution >= 0.6 is 0 Å². The van der Waals surface area contributed by atoms with E-state index in [2.05, 4.69) is 25.2 Å². The van der Waals surface area contributed by atoms with Crippen LogP contribution in [0.25, 0.3) is 38.8 Å². The highest BCUT2D eigenvalue weighted by atomic mass is 19.3. The molecule has 5 aromatic rings. The molecular formula is C24H20F2N6O2. The zero-order valence-corrected chi connectivity index (χ0v) is 18.4. The molecule has 172 valence electrons. The second-order valence-electron chi connectivity index (χ2n) is 7.64. The van der Waals surface area contributed by atoms with E-state index in [1.54, 1.807) is 35.0 Å². The van der Waals surface area contributed by atoms with E-state index in [0.717, 1.165) is 10.9 Å². The molecule has 0 aliphatic rings. The zero-order chi connectivity index (χ0) is 23.8. The first-order chi connectivity index (χ1) is 16.4. The molecule has 0 atom stereocenters. The summed E-state index contributed by atoms with van der Waals surface area (Å²) in [7, 11) is 1.83. The highest BCUT2D eigenvalue weighted by Crippen LogP contribution is 2.27. The Balaban J connectivity index is 1.74. The highest BCUT2D eigenvalue weighted by molar-refractivity contribution is 5.92. The first-order valence-corrected chi connectivity index (χ1v) is 10.6. The van der Waals surface area contributed by atoms with Gasteiger partial charge in [0.2, 0.25) is 0 Å². The van der Waals surface area contributed by atoms with Crippen molar-refractivity contribution in [1.82, 2.24) is 24.5 Å². The van der Waals surface area contributed by atoms with Crippen molar-refractivity contribution < 1.29 is 13.5 Å². The number of aromatic nitrogens is 5. The van der Waals surface area contributed by atoms with Gasteiger partial charge in [-0.2, -0.15) is 23.7 Å². The Morgan fingerprint density at radius 3 is 2.53 bits per heavy atom. The van der Waals surface area contributed by atoms with Gasteiger partial charge in [-0.3, -0.25) is 9.48 Å². The molecule has 2 aromatic carbocycles. The molecule has 0 unspecified atom stereocenters. The minimum absolute atomic E-state index is 0.000708. The first-order valence-electron chi connectivity index (χ1n) is 10.6. The molecule has 34 heavy (non-hydrogen) atoms. The number of hydrogen-bond acceptors (Lipinski definition) is 6. The molecule has 0 amide bonds. The molecule has 8 nitrogen and oxygen atoms in total. The number of pyridine rings is 1. The molecule has 0 aliphatic heterocycles. The largest absolute Gasteiger partial charge is 0.435 e. The molecule has 0 saturated carbocycles. The third-order valence-electron chi connectivity index (χ3n) is 5.30. The van der Waals surface area contributed by atoms with Crippen molar-refractivity contribution in [3.63, 3.8) is 0 Å². The Morgan fingerprint density at radius 2 is 1.79 bits per heavy atom. The SMILES string of the molecule is CCNc1ccc2nn(-c3ccc4nn(C)cc4c3)c(=O)c(-c3ccc(OC(F)F)cc3)c2n1. The maximum absolute atomic E-state index is 13.7. The van der Waals surface area contributed by atoms with Crippen molar-refractivity contribution in [2.24, 2.45) is 7.05 Å². The number of halogens is 2. The average Bonchev–Trinajstić information content (AvgIpc) is 3.18. The summed E-state index contributed by atoms with van der Waals surface area (Å²) in [5.74, 6) is 0.602. The van der Waals surface area contributed by atoms with Gasteiger partial charge in [0.15, 0.2) is 0 Å². The molecule has 0 aliphatic carbocycles. The maximum Gasteiger partial charge on any atom is 0.387 e. The monoisotopic (exact) mass is 462 g/mol. The Kier molecular flexibility index (Phi) is 5.40. The number of aryl methyl sites for hydroxylation is 1. The minimum atomic E-state index is -2.93. The second kappa shape index (κ2) is 8.54. The van der Waals surface area contributed by atoms with Gasteiger partial charge in [0, 0.05) is 25.2 Å². The zero-order valence-electron chi connectivity index (χ0n) is 18.4.